The molecule has 0 saturated heterocycles. The van der Waals surface area contributed by atoms with E-state index in [1.54, 1.807) is 0 Å². The second-order valence-corrected chi connectivity index (χ2v) is 5.98. The van der Waals surface area contributed by atoms with Crippen LogP contribution in [0.15, 0.2) is 12.1 Å². The lowest BCUT2D eigenvalue weighted by Crippen LogP contribution is -2.13. The maximum atomic E-state index is 5.89. The van der Waals surface area contributed by atoms with Crippen LogP contribution in [0.3, 0.4) is 0 Å². The number of ether oxygens (including phenoxy) is 2. The third-order valence-electron chi connectivity index (χ3n) is 3.41. The Hall–Kier alpha value is -1.06. The van der Waals surface area contributed by atoms with E-state index in [0.29, 0.717) is 19.1 Å². The summed E-state index contributed by atoms with van der Waals surface area (Å²) in [4.78, 5) is 0. The number of nitrogens with one attached hydrogen (secondary N) is 1. The summed E-state index contributed by atoms with van der Waals surface area (Å²) in [6.07, 6.45) is 1.11. The van der Waals surface area contributed by atoms with Crippen molar-refractivity contribution in [3.05, 3.63) is 28.8 Å². The first-order valence-corrected chi connectivity index (χ1v) is 8.06. The second-order valence-electron chi connectivity index (χ2n) is 5.98. The molecule has 0 heterocycles. The zero-order valence-corrected chi connectivity index (χ0v) is 14.3. The van der Waals surface area contributed by atoms with Gasteiger partial charge in [0.15, 0.2) is 0 Å². The van der Waals surface area contributed by atoms with Crippen LogP contribution in [0, 0.1) is 19.8 Å². The minimum atomic E-state index is 0.617. The highest BCUT2D eigenvalue weighted by atomic mass is 16.5. The van der Waals surface area contributed by atoms with Gasteiger partial charge < -0.3 is 14.8 Å². The Bertz CT molecular complexity index is 393. The average Bonchev–Trinajstić information content (AvgIpc) is 2.42. The van der Waals surface area contributed by atoms with E-state index in [2.05, 4.69) is 52.1 Å². The predicted octanol–water partition coefficient (Wildman–Crippen LogP) is 3.85. The maximum absolute atomic E-state index is 5.89. The Morgan fingerprint density at radius 2 is 1.71 bits per heavy atom. The molecular weight excluding hydrogens is 262 g/mol. The summed E-state index contributed by atoms with van der Waals surface area (Å²) in [7, 11) is 0. The first-order chi connectivity index (χ1) is 10.0. The first kappa shape index (κ1) is 18.0. The van der Waals surface area contributed by atoms with Gasteiger partial charge in [-0.3, -0.25) is 0 Å². The molecule has 1 N–H and O–H groups in total. The lowest BCUT2D eigenvalue weighted by molar-refractivity contribution is 0.0921. The van der Waals surface area contributed by atoms with Gasteiger partial charge in [0.05, 0.1) is 6.61 Å². The van der Waals surface area contributed by atoms with Crippen LogP contribution in [0.2, 0.25) is 0 Å². The Morgan fingerprint density at radius 3 is 2.29 bits per heavy atom. The van der Waals surface area contributed by atoms with E-state index in [1.807, 2.05) is 0 Å². The van der Waals surface area contributed by atoms with Crippen molar-refractivity contribution in [1.29, 1.82) is 0 Å². The van der Waals surface area contributed by atoms with Gasteiger partial charge in [-0.1, -0.05) is 32.9 Å². The van der Waals surface area contributed by atoms with Crippen molar-refractivity contribution in [2.45, 2.75) is 47.6 Å². The lowest BCUT2D eigenvalue weighted by Gasteiger charge is -2.14. The number of aryl methyl sites for hydroxylation is 2. The molecule has 21 heavy (non-hydrogen) atoms. The van der Waals surface area contributed by atoms with Crippen molar-refractivity contribution in [1.82, 2.24) is 5.32 Å². The Morgan fingerprint density at radius 1 is 1.05 bits per heavy atom. The van der Waals surface area contributed by atoms with Crippen molar-refractivity contribution < 1.29 is 9.47 Å². The molecule has 1 aromatic carbocycles. The van der Waals surface area contributed by atoms with Crippen LogP contribution < -0.4 is 10.1 Å². The minimum Gasteiger partial charge on any atom is -0.491 e. The zero-order valence-electron chi connectivity index (χ0n) is 14.3. The van der Waals surface area contributed by atoms with Crippen molar-refractivity contribution in [2.24, 2.45) is 5.92 Å². The highest BCUT2D eigenvalue weighted by molar-refractivity contribution is 5.43. The Kier molecular flexibility index (Phi) is 8.40. The summed E-state index contributed by atoms with van der Waals surface area (Å²) in [6.45, 7) is 14.8. The Labute approximate surface area is 130 Å². The van der Waals surface area contributed by atoms with Crippen LogP contribution in [0.1, 0.15) is 43.9 Å². The molecular formula is C18H31NO2. The molecule has 0 spiro atoms. The van der Waals surface area contributed by atoms with Crippen LogP contribution in [0.4, 0.5) is 0 Å². The molecule has 0 radical (unpaired) electrons. The summed E-state index contributed by atoms with van der Waals surface area (Å²) < 4.78 is 11.5. The summed E-state index contributed by atoms with van der Waals surface area (Å²) in [5.41, 5.74) is 3.71. The van der Waals surface area contributed by atoms with Gasteiger partial charge >= 0.3 is 0 Å². The molecule has 0 unspecified atom stereocenters. The summed E-state index contributed by atoms with van der Waals surface area (Å²) in [5.74, 6) is 1.70. The molecule has 0 amide bonds. The Balaban J connectivity index is 2.41. The standard InChI is InChI=1S/C18H31NO2/c1-6-19-13-17-11-15(4)18(16(5)12-17)21-10-9-20-8-7-14(2)3/h11-12,14,19H,6-10,13H2,1-5H3. The van der Waals surface area contributed by atoms with Gasteiger partial charge in [-0.15, -0.1) is 0 Å². The predicted molar refractivity (Wildman–Crippen MR) is 89.1 cm³/mol. The van der Waals surface area contributed by atoms with E-state index < -0.39 is 0 Å². The van der Waals surface area contributed by atoms with E-state index in [0.717, 1.165) is 31.9 Å². The molecule has 0 aliphatic heterocycles. The fourth-order valence-electron chi connectivity index (χ4n) is 2.26. The molecule has 0 atom stereocenters. The van der Waals surface area contributed by atoms with Crippen LogP contribution >= 0.6 is 0 Å². The molecule has 0 aromatic heterocycles. The molecule has 0 aliphatic rings. The van der Waals surface area contributed by atoms with E-state index in [1.165, 1.54) is 16.7 Å². The van der Waals surface area contributed by atoms with Gasteiger partial charge in [0, 0.05) is 13.2 Å². The molecule has 0 aliphatic carbocycles. The average molecular weight is 293 g/mol. The topological polar surface area (TPSA) is 30.5 Å². The maximum Gasteiger partial charge on any atom is 0.125 e. The normalized spacial score (nSPS) is 11.1. The van der Waals surface area contributed by atoms with Gasteiger partial charge in [0.25, 0.3) is 0 Å². The van der Waals surface area contributed by atoms with Gasteiger partial charge in [-0.25, -0.2) is 0 Å². The number of hydrogen-bond acceptors (Lipinski definition) is 3. The van der Waals surface area contributed by atoms with Crippen molar-refractivity contribution in [3.8, 4) is 5.75 Å². The van der Waals surface area contributed by atoms with Gasteiger partial charge in [-0.05, 0) is 49.4 Å². The van der Waals surface area contributed by atoms with Gasteiger partial charge in [0.1, 0.15) is 12.4 Å². The second kappa shape index (κ2) is 9.80. The molecule has 120 valence electrons. The minimum absolute atomic E-state index is 0.617. The van der Waals surface area contributed by atoms with Crippen molar-refractivity contribution in [2.75, 3.05) is 26.4 Å². The van der Waals surface area contributed by atoms with E-state index in [9.17, 15) is 0 Å². The monoisotopic (exact) mass is 293 g/mol. The number of benzene rings is 1. The smallest absolute Gasteiger partial charge is 0.125 e. The lowest BCUT2D eigenvalue weighted by atomic mass is 10.1. The van der Waals surface area contributed by atoms with E-state index in [4.69, 9.17) is 9.47 Å². The molecule has 3 nitrogen and oxygen atoms in total. The fourth-order valence-corrected chi connectivity index (χ4v) is 2.26. The first-order valence-electron chi connectivity index (χ1n) is 8.06. The van der Waals surface area contributed by atoms with Crippen molar-refractivity contribution in [3.63, 3.8) is 0 Å². The number of hydrogen-bond donors (Lipinski definition) is 1. The number of rotatable bonds is 10. The third-order valence-corrected chi connectivity index (χ3v) is 3.41. The van der Waals surface area contributed by atoms with Crippen LogP contribution in [-0.2, 0) is 11.3 Å². The zero-order chi connectivity index (χ0) is 15.7. The summed E-state index contributed by atoms with van der Waals surface area (Å²) >= 11 is 0. The van der Waals surface area contributed by atoms with Gasteiger partial charge in [-0.2, -0.15) is 0 Å². The van der Waals surface area contributed by atoms with E-state index >= 15 is 0 Å². The molecule has 1 aromatic rings. The fraction of sp³-hybridized carbons (Fsp3) is 0.667. The summed E-state index contributed by atoms with van der Waals surface area (Å²) in [5, 5.41) is 3.35. The molecule has 0 saturated carbocycles. The highest BCUT2D eigenvalue weighted by Crippen LogP contribution is 2.24. The molecule has 0 bridgehead atoms. The van der Waals surface area contributed by atoms with Crippen LogP contribution in [0.25, 0.3) is 0 Å². The van der Waals surface area contributed by atoms with E-state index in [-0.39, 0.29) is 0 Å². The third kappa shape index (κ3) is 6.96. The van der Waals surface area contributed by atoms with Crippen LogP contribution in [-0.4, -0.2) is 26.4 Å². The van der Waals surface area contributed by atoms with Crippen LogP contribution in [0.5, 0.6) is 5.75 Å². The quantitative estimate of drug-likeness (QED) is 0.665. The molecule has 0 fully saturated rings. The molecule has 1 rings (SSSR count). The van der Waals surface area contributed by atoms with Gasteiger partial charge in [0.2, 0.25) is 0 Å². The largest absolute Gasteiger partial charge is 0.491 e. The highest BCUT2D eigenvalue weighted by Gasteiger charge is 2.06. The summed E-state index contributed by atoms with van der Waals surface area (Å²) in [6, 6.07) is 4.40. The SMILES string of the molecule is CCNCc1cc(C)c(OCCOCCC(C)C)c(C)c1. The van der Waals surface area contributed by atoms with Crippen molar-refractivity contribution >= 4 is 0 Å². The molecule has 3 heteroatoms.